The third kappa shape index (κ3) is 3.02. The molecule has 0 bridgehead atoms. The van der Waals surface area contributed by atoms with Gasteiger partial charge in [0.15, 0.2) is 0 Å². The van der Waals surface area contributed by atoms with Crippen molar-refractivity contribution < 1.29 is 8.78 Å². The SMILES string of the molecule is NCc1cc(F)c(Sc2ccc(Cl)cc2)c(F)c1. The van der Waals surface area contributed by atoms with E-state index in [1.54, 1.807) is 24.3 Å². The number of nitrogens with two attached hydrogens (primary N) is 1. The van der Waals surface area contributed by atoms with Crippen molar-refractivity contribution in [2.24, 2.45) is 5.73 Å². The summed E-state index contributed by atoms with van der Waals surface area (Å²) in [7, 11) is 0. The smallest absolute Gasteiger partial charge is 0.140 e. The highest BCUT2D eigenvalue weighted by molar-refractivity contribution is 7.99. The highest BCUT2D eigenvalue weighted by atomic mass is 35.5. The third-order valence-electron chi connectivity index (χ3n) is 2.33. The van der Waals surface area contributed by atoms with Crippen LogP contribution in [0.25, 0.3) is 0 Å². The zero-order valence-electron chi connectivity index (χ0n) is 9.29. The lowest BCUT2D eigenvalue weighted by Gasteiger charge is -2.07. The van der Waals surface area contributed by atoms with Crippen LogP contribution < -0.4 is 5.73 Å². The van der Waals surface area contributed by atoms with Crippen molar-refractivity contribution in [2.75, 3.05) is 0 Å². The number of benzene rings is 2. The fourth-order valence-corrected chi connectivity index (χ4v) is 2.39. The Hall–Kier alpha value is -1.10. The first-order chi connectivity index (χ1) is 8.60. The quantitative estimate of drug-likeness (QED) is 0.913. The fourth-order valence-electron chi connectivity index (χ4n) is 1.45. The summed E-state index contributed by atoms with van der Waals surface area (Å²) in [5.41, 5.74) is 5.79. The van der Waals surface area contributed by atoms with Crippen LogP contribution >= 0.6 is 23.4 Å². The first-order valence-electron chi connectivity index (χ1n) is 5.21. The molecule has 0 saturated carbocycles. The number of hydrogen-bond acceptors (Lipinski definition) is 2. The molecule has 5 heteroatoms. The predicted molar refractivity (Wildman–Crippen MR) is 69.8 cm³/mol. The summed E-state index contributed by atoms with van der Waals surface area (Å²) in [6.45, 7) is 0.111. The minimum absolute atomic E-state index is 0.0328. The second-order valence-electron chi connectivity index (χ2n) is 3.65. The van der Waals surface area contributed by atoms with Crippen LogP contribution in [0, 0.1) is 11.6 Å². The summed E-state index contributed by atoms with van der Waals surface area (Å²) >= 11 is 6.76. The van der Waals surface area contributed by atoms with Crippen LogP contribution in [0.2, 0.25) is 5.02 Å². The molecule has 2 N–H and O–H groups in total. The van der Waals surface area contributed by atoms with Crippen molar-refractivity contribution in [1.82, 2.24) is 0 Å². The Labute approximate surface area is 113 Å². The van der Waals surface area contributed by atoms with E-state index in [1.807, 2.05) is 0 Å². The molecule has 0 fully saturated rings. The van der Waals surface area contributed by atoms with Crippen LogP contribution in [0.5, 0.6) is 0 Å². The van der Waals surface area contributed by atoms with E-state index in [0.717, 1.165) is 16.7 Å². The number of hydrogen-bond donors (Lipinski definition) is 1. The average Bonchev–Trinajstić information content (AvgIpc) is 2.35. The van der Waals surface area contributed by atoms with Crippen molar-refractivity contribution >= 4 is 23.4 Å². The summed E-state index contributed by atoms with van der Waals surface area (Å²) in [5, 5.41) is 0.582. The van der Waals surface area contributed by atoms with Gasteiger partial charge in [-0.05, 0) is 42.0 Å². The molecule has 0 saturated heterocycles. The number of rotatable bonds is 3. The summed E-state index contributed by atoms with van der Waals surface area (Å²) < 4.78 is 27.4. The van der Waals surface area contributed by atoms with Crippen molar-refractivity contribution in [2.45, 2.75) is 16.3 Å². The maximum Gasteiger partial charge on any atom is 0.140 e. The molecule has 2 aromatic rings. The first-order valence-corrected chi connectivity index (χ1v) is 6.41. The molecule has 0 aliphatic carbocycles. The van der Waals surface area contributed by atoms with Crippen LogP contribution in [0.1, 0.15) is 5.56 Å². The molecule has 0 atom stereocenters. The van der Waals surface area contributed by atoms with Gasteiger partial charge in [0.25, 0.3) is 0 Å². The van der Waals surface area contributed by atoms with Gasteiger partial charge in [-0.2, -0.15) is 0 Å². The predicted octanol–water partition coefficient (Wildman–Crippen LogP) is 4.23. The molecule has 0 heterocycles. The molecule has 18 heavy (non-hydrogen) atoms. The molecule has 0 aromatic heterocycles. The highest BCUT2D eigenvalue weighted by Crippen LogP contribution is 2.33. The molecule has 2 rings (SSSR count). The Morgan fingerprint density at radius 3 is 2.11 bits per heavy atom. The monoisotopic (exact) mass is 285 g/mol. The zero-order valence-corrected chi connectivity index (χ0v) is 10.9. The molecule has 0 aliphatic rings. The standard InChI is InChI=1S/C13H10ClF2NS/c14-9-1-3-10(4-2-9)18-13-11(15)5-8(7-17)6-12(13)16/h1-6H,7,17H2. The molecule has 0 spiro atoms. The van der Waals surface area contributed by atoms with Gasteiger partial charge in [0.2, 0.25) is 0 Å². The van der Waals surface area contributed by atoms with Gasteiger partial charge in [-0.15, -0.1) is 0 Å². The maximum atomic E-state index is 13.7. The van der Waals surface area contributed by atoms with Crippen LogP contribution in [0.3, 0.4) is 0 Å². The molecular formula is C13H10ClF2NS. The van der Waals surface area contributed by atoms with E-state index in [2.05, 4.69) is 0 Å². The maximum absolute atomic E-state index is 13.7. The highest BCUT2D eigenvalue weighted by Gasteiger charge is 2.12. The van der Waals surface area contributed by atoms with Gasteiger partial charge in [-0.3, -0.25) is 0 Å². The lowest BCUT2D eigenvalue weighted by molar-refractivity contribution is 0.537. The molecule has 0 amide bonds. The summed E-state index contributed by atoms with van der Waals surface area (Å²) in [6, 6.07) is 9.27. The van der Waals surface area contributed by atoms with E-state index in [0.29, 0.717) is 10.6 Å². The Morgan fingerprint density at radius 1 is 1.06 bits per heavy atom. The Bertz CT molecular complexity index is 534. The van der Waals surface area contributed by atoms with Crippen LogP contribution in [-0.4, -0.2) is 0 Å². The van der Waals surface area contributed by atoms with Crippen molar-refractivity contribution in [3.63, 3.8) is 0 Å². The first kappa shape index (κ1) is 13.3. The van der Waals surface area contributed by atoms with Gasteiger partial charge < -0.3 is 5.73 Å². The Balaban J connectivity index is 2.31. The van der Waals surface area contributed by atoms with Gasteiger partial charge >= 0.3 is 0 Å². The van der Waals surface area contributed by atoms with Crippen LogP contribution in [0.15, 0.2) is 46.2 Å². The summed E-state index contributed by atoms with van der Waals surface area (Å²) in [6.07, 6.45) is 0. The van der Waals surface area contributed by atoms with Crippen molar-refractivity contribution in [1.29, 1.82) is 0 Å². The van der Waals surface area contributed by atoms with Gasteiger partial charge in [-0.25, -0.2) is 8.78 Å². The lowest BCUT2D eigenvalue weighted by Crippen LogP contribution is -1.99. The molecule has 1 nitrogen and oxygen atoms in total. The Morgan fingerprint density at radius 2 is 1.61 bits per heavy atom. The van der Waals surface area contributed by atoms with Gasteiger partial charge in [0, 0.05) is 16.5 Å². The Kier molecular flexibility index (Phi) is 4.22. The minimum atomic E-state index is -0.601. The van der Waals surface area contributed by atoms with E-state index in [4.69, 9.17) is 17.3 Å². The van der Waals surface area contributed by atoms with E-state index in [9.17, 15) is 8.78 Å². The normalized spacial score (nSPS) is 10.7. The van der Waals surface area contributed by atoms with Crippen molar-refractivity contribution in [3.05, 3.63) is 58.6 Å². The third-order valence-corrected chi connectivity index (χ3v) is 3.68. The molecule has 0 radical (unpaired) electrons. The van der Waals surface area contributed by atoms with Crippen LogP contribution in [0.4, 0.5) is 8.78 Å². The van der Waals surface area contributed by atoms with Gasteiger partial charge in [-0.1, -0.05) is 23.4 Å². The summed E-state index contributed by atoms with van der Waals surface area (Å²) in [4.78, 5) is 0.687. The molecule has 2 aromatic carbocycles. The second kappa shape index (κ2) is 5.69. The summed E-state index contributed by atoms with van der Waals surface area (Å²) in [5.74, 6) is -1.20. The van der Waals surface area contributed by atoms with Crippen LogP contribution in [-0.2, 0) is 6.54 Å². The molecular weight excluding hydrogens is 276 g/mol. The van der Waals surface area contributed by atoms with E-state index in [-0.39, 0.29) is 11.4 Å². The second-order valence-corrected chi connectivity index (χ2v) is 5.17. The van der Waals surface area contributed by atoms with E-state index < -0.39 is 11.6 Å². The lowest BCUT2D eigenvalue weighted by atomic mass is 10.2. The fraction of sp³-hybridized carbons (Fsp3) is 0.0769. The molecule has 94 valence electrons. The topological polar surface area (TPSA) is 26.0 Å². The zero-order chi connectivity index (χ0) is 13.1. The number of halogens is 3. The van der Waals surface area contributed by atoms with E-state index >= 15 is 0 Å². The molecule has 0 aliphatic heterocycles. The van der Waals surface area contributed by atoms with E-state index in [1.165, 1.54) is 12.1 Å². The van der Waals surface area contributed by atoms with Gasteiger partial charge in [0.1, 0.15) is 11.6 Å². The minimum Gasteiger partial charge on any atom is -0.326 e. The molecule has 0 unspecified atom stereocenters. The van der Waals surface area contributed by atoms with Gasteiger partial charge in [0.05, 0.1) is 4.90 Å². The largest absolute Gasteiger partial charge is 0.326 e. The van der Waals surface area contributed by atoms with Crippen molar-refractivity contribution in [3.8, 4) is 0 Å². The average molecular weight is 286 g/mol.